The molecule has 0 spiro atoms. The number of benzene rings is 1. The molecule has 124 valence electrons. The molecule has 0 aliphatic carbocycles. The fourth-order valence-electron chi connectivity index (χ4n) is 1.76. The maximum Gasteiger partial charge on any atom is 0.305 e. The number of ether oxygens (including phenoxy) is 1. The molecule has 0 fully saturated rings. The number of hydrogen-bond acceptors (Lipinski definition) is 7. The molecule has 0 unspecified atom stereocenters. The number of anilines is 2. The van der Waals surface area contributed by atoms with Crippen molar-refractivity contribution in [2.45, 2.75) is 19.3 Å². The maximum atomic E-state index is 12.1. The van der Waals surface area contributed by atoms with E-state index in [2.05, 4.69) is 20.3 Å². The summed E-state index contributed by atoms with van der Waals surface area (Å²) in [5.41, 5.74) is 6.55. The van der Waals surface area contributed by atoms with Crippen molar-refractivity contribution in [2.24, 2.45) is 0 Å². The van der Waals surface area contributed by atoms with Gasteiger partial charge in [-0.25, -0.2) is 0 Å². The standard InChI is InChI=1S/C14H16N4O3S.ClH/c1-21-12(19)8-4-7-11-17-18-14(22-11)16-13(20)9-5-2-3-6-10(9)15;/h2-3,5-6H,4,7-8,15H2,1H3,(H,16,18,20);1H. The van der Waals surface area contributed by atoms with Crippen LogP contribution in [0.1, 0.15) is 28.2 Å². The van der Waals surface area contributed by atoms with E-state index in [9.17, 15) is 9.59 Å². The van der Waals surface area contributed by atoms with Gasteiger partial charge in [0.2, 0.25) is 5.13 Å². The number of carbonyl (C=O) groups is 2. The molecular weight excluding hydrogens is 340 g/mol. The van der Waals surface area contributed by atoms with Gasteiger partial charge in [-0.2, -0.15) is 0 Å². The van der Waals surface area contributed by atoms with Crippen LogP contribution in [-0.4, -0.2) is 29.2 Å². The van der Waals surface area contributed by atoms with E-state index in [1.165, 1.54) is 18.4 Å². The first kappa shape index (κ1) is 18.9. The molecule has 9 heteroatoms. The molecule has 0 aliphatic heterocycles. The number of esters is 1. The number of aromatic nitrogens is 2. The summed E-state index contributed by atoms with van der Waals surface area (Å²) in [6.45, 7) is 0. The summed E-state index contributed by atoms with van der Waals surface area (Å²) >= 11 is 1.27. The highest BCUT2D eigenvalue weighted by atomic mass is 35.5. The monoisotopic (exact) mass is 356 g/mol. The fourth-order valence-corrected chi connectivity index (χ4v) is 2.54. The summed E-state index contributed by atoms with van der Waals surface area (Å²) in [7, 11) is 1.36. The molecule has 7 nitrogen and oxygen atoms in total. The first-order valence-electron chi connectivity index (χ1n) is 6.65. The highest BCUT2D eigenvalue weighted by Crippen LogP contribution is 2.19. The van der Waals surface area contributed by atoms with Crippen LogP contribution in [0.3, 0.4) is 0 Å². The first-order chi connectivity index (χ1) is 10.6. The Bertz CT molecular complexity index is 678. The van der Waals surface area contributed by atoms with Gasteiger partial charge in [-0.05, 0) is 18.6 Å². The number of aryl methyl sites for hydroxylation is 1. The topological polar surface area (TPSA) is 107 Å². The molecular formula is C14H17ClN4O3S. The lowest BCUT2D eigenvalue weighted by Gasteiger charge is -2.03. The molecule has 0 radical (unpaired) electrons. The van der Waals surface area contributed by atoms with Crippen molar-refractivity contribution in [3.05, 3.63) is 34.8 Å². The van der Waals surface area contributed by atoms with Crippen molar-refractivity contribution in [3.8, 4) is 0 Å². The van der Waals surface area contributed by atoms with Crippen LogP contribution in [0, 0.1) is 0 Å². The van der Waals surface area contributed by atoms with E-state index in [-0.39, 0.29) is 24.3 Å². The number of halogens is 1. The van der Waals surface area contributed by atoms with Crippen LogP contribution in [0.4, 0.5) is 10.8 Å². The number of rotatable bonds is 6. The number of nitrogens with zero attached hydrogens (tertiary/aromatic N) is 2. The van der Waals surface area contributed by atoms with Crippen molar-refractivity contribution in [2.75, 3.05) is 18.2 Å². The van der Waals surface area contributed by atoms with Gasteiger partial charge in [0, 0.05) is 18.5 Å². The van der Waals surface area contributed by atoms with Crippen molar-refractivity contribution in [3.63, 3.8) is 0 Å². The molecule has 23 heavy (non-hydrogen) atoms. The quantitative estimate of drug-likeness (QED) is 0.607. The molecule has 0 saturated carbocycles. The smallest absolute Gasteiger partial charge is 0.305 e. The molecule has 2 aromatic rings. The van der Waals surface area contributed by atoms with E-state index in [0.717, 1.165) is 5.01 Å². The summed E-state index contributed by atoms with van der Waals surface area (Å²) in [5.74, 6) is -0.576. The number of methoxy groups -OCH3 is 1. The Morgan fingerprint density at radius 2 is 2.04 bits per heavy atom. The zero-order valence-corrected chi connectivity index (χ0v) is 14.1. The number of amides is 1. The highest BCUT2D eigenvalue weighted by Gasteiger charge is 2.12. The molecule has 2 rings (SSSR count). The van der Waals surface area contributed by atoms with Crippen LogP contribution in [0.5, 0.6) is 0 Å². The molecule has 1 aromatic carbocycles. The normalized spacial score (nSPS) is 9.78. The second-order valence-electron chi connectivity index (χ2n) is 4.47. The second-order valence-corrected chi connectivity index (χ2v) is 5.53. The van der Waals surface area contributed by atoms with Crippen LogP contribution in [0.15, 0.2) is 24.3 Å². The predicted molar refractivity (Wildman–Crippen MR) is 90.9 cm³/mol. The number of carbonyl (C=O) groups excluding carboxylic acids is 2. The lowest BCUT2D eigenvalue weighted by molar-refractivity contribution is -0.140. The van der Waals surface area contributed by atoms with Crippen molar-refractivity contribution in [1.29, 1.82) is 0 Å². The Balaban J connectivity index is 0.00000264. The average Bonchev–Trinajstić information content (AvgIpc) is 2.94. The van der Waals surface area contributed by atoms with Crippen LogP contribution >= 0.6 is 23.7 Å². The molecule has 0 bridgehead atoms. The van der Waals surface area contributed by atoms with E-state index in [1.807, 2.05) is 0 Å². The minimum atomic E-state index is -0.324. The van der Waals surface area contributed by atoms with Crippen LogP contribution < -0.4 is 11.1 Å². The molecule has 0 saturated heterocycles. The van der Waals surface area contributed by atoms with Gasteiger partial charge in [0.1, 0.15) is 5.01 Å². The average molecular weight is 357 g/mol. The number of para-hydroxylation sites is 1. The van der Waals surface area contributed by atoms with Crippen molar-refractivity contribution >= 4 is 46.4 Å². The van der Waals surface area contributed by atoms with Gasteiger partial charge in [0.05, 0.1) is 12.7 Å². The van der Waals surface area contributed by atoms with Crippen LogP contribution in [0.2, 0.25) is 0 Å². The summed E-state index contributed by atoms with van der Waals surface area (Å²) < 4.78 is 4.57. The lowest BCUT2D eigenvalue weighted by Crippen LogP contribution is -2.13. The van der Waals surface area contributed by atoms with E-state index in [1.54, 1.807) is 24.3 Å². The largest absolute Gasteiger partial charge is 0.469 e. The van der Waals surface area contributed by atoms with Gasteiger partial charge in [0.15, 0.2) is 0 Å². The second kappa shape index (κ2) is 9.06. The van der Waals surface area contributed by atoms with Gasteiger partial charge >= 0.3 is 5.97 Å². The van der Waals surface area contributed by atoms with Crippen molar-refractivity contribution < 1.29 is 14.3 Å². The summed E-state index contributed by atoms with van der Waals surface area (Å²) in [4.78, 5) is 23.1. The van der Waals surface area contributed by atoms with Crippen molar-refractivity contribution in [1.82, 2.24) is 10.2 Å². The molecule has 1 heterocycles. The molecule has 1 amide bonds. The first-order valence-corrected chi connectivity index (χ1v) is 7.47. The number of nitrogens with one attached hydrogen (secondary N) is 1. The minimum absolute atomic E-state index is 0. The Labute approximate surface area is 143 Å². The van der Waals surface area contributed by atoms with E-state index in [0.29, 0.717) is 35.6 Å². The highest BCUT2D eigenvalue weighted by molar-refractivity contribution is 7.15. The zero-order valence-electron chi connectivity index (χ0n) is 12.4. The zero-order chi connectivity index (χ0) is 15.9. The number of hydrogen-bond donors (Lipinski definition) is 2. The van der Waals surface area contributed by atoms with E-state index >= 15 is 0 Å². The number of nitrogen functional groups attached to an aromatic ring is 1. The van der Waals surface area contributed by atoms with Crippen LogP contribution in [-0.2, 0) is 16.0 Å². The molecule has 3 N–H and O–H groups in total. The van der Waals surface area contributed by atoms with Crippen LogP contribution in [0.25, 0.3) is 0 Å². The van der Waals surface area contributed by atoms with Gasteiger partial charge in [-0.1, -0.05) is 23.5 Å². The van der Waals surface area contributed by atoms with E-state index < -0.39 is 0 Å². The third kappa shape index (κ3) is 5.50. The Hall–Kier alpha value is -2.19. The van der Waals surface area contributed by atoms with Gasteiger partial charge in [-0.15, -0.1) is 22.6 Å². The Morgan fingerprint density at radius 3 is 2.74 bits per heavy atom. The summed E-state index contributed by atoms with van der Waals surface area (Å²) in [5, 5.41) is 11.7. The SMILES string of the molecule is COC(=O)CCCc1nnc(NC(=O)c2ccccc2N)s1.Cl. The van der Waals surface area contributed by atoms with Gasteiger partial charge in [0.25, 0.3) is 5.91 Å². The number of nitrogens with two attached hydrogens (primary N) is 1. The Kier molecular flexibility index (Phi) is 7.43. The lowest BCUT2D eigenvalue weighted by atomic mass is 10.2. The molecule has 0 aliphatic rings. The minimum Gasteiger partial charge on any atom is -0.469 e. The van der Waals surface area contributed by atoms with E-state index in [4.69, 9.17) is 5.73 Å². The maximum absolute atomic E-state index is 12.1. The molecule has 0 atom stereocenters. The fraction of sp³-hybridized carbons (Fsp3) is 0.286. The molecule has 1 aromatic heterocycles. The summed E-state index contributed by atoms with van der Waals surface area (Å²) in [6.07, 6.45) is 1.56. The predicted octanol–water partition coefficient (Wildman–Crippen LogP) is 2.29. The van der Waals surface area contributed by atoms with Gasteiger partial charge < -0.3 is 10.5 Å². The Morgan fingerprint density at radius 1 is 1.30 bits per heavy atom. The third-order valence-corrected chi connectivity index (χ3v) is 3.79. The summed E-state index contributed by atoms with van der Waals surface area (Å²) in [6, 6.07) is 6.80. The third-order valence-electron chi connectivity index (χ3n) is 2.89. The van der Waals surface area contributed by atoms with Gasteiger partial charge in [-0.3, -0.25) is 14.9 Å².